The van der Waals surface area contributed by atoms with Gasteiger partial charge in [0.15, 0.2) is 0 Å². The number of rotatable bonds is 4. The van der Waals surface area contributed by atoms with Crippen molar-refractivity contribution in [2.45, 2.75) is 12.8 Å². The number of hydrogen-bond donors (Lipinski definition) is 0. The molecule has 0 aliphatic carbocycles. The zero-order valence-electron chi connectivity index (χ0n) is 7.16. The lowest BCUT2D eigenvalue weighted by atomic mass is 10.1. The fraction of sp³-hybridized carbons (Fsp3) is 0.300. The van der Waals surface area contributed by atoms with Gasteiger partial charge in [-0.1, -0.05) is 28.1 Å². The Kier molecular flexibility index (Phi) is 4.91. The highest BCUT2D eigenvalue weighted by Gasteiger charge is 1.92. The van der Waals surface area contributed by atoms with Crippen LogP contribution in [0.5, 0.6) is 0 Å². The number of alkyl halides is 1. The Morgan fingerprint density at radius 2 is 2.00 bits per heavy atom. The Hall–Kier alpha value is -0.500. The van der Waals surface area contributed by atoms with E-state index < -0.39 is 0 Å². The number of aliphatic imine (C=N–C) groups is 1. The Labute approximate surface area is 92.0 Å². The molecule has 0 N–H and O–H groups in total. The molecule has 0 spiro atoms. The van der Waals surface area contributed by atoms with E-state index in [1.165, 1.54) is 5.56 Å². The summed E-state index contributed by atoms with van der Waals surface area (Å²) in [5, 5.41) is 3.40. The molecule has 0 aromatic heterocycles. The monoisotopic (exact) mass is 255 g/mol. The van der Waals surface area contributed by atoms with Gasteiger partial charge < -0.3 is 0 Å². The zero-order valence-corrected chi connectivity index (χ0v) is 9.57. The van der Waals surface area contributed by atoms with Gasteiger partial charge >= 0.3 is 0 Å². The summed E-state index contributed by atoms with van der Waals surface area (Å²) in [7, 11) is 0. The molecule has 1 rings (SSSR count). The molecule has 0 aliphatic heterocycles. The molecule has 0 aliphatic rings. The lowest BCUT2D eigenvalue weighted by Crippen LogP contribution is -1.84. The Bertz CT molecular complexity index is 301. The second-order valence-electron chi connectivity index (χ2n) is 2.66. The van der Waals surface area contributed by atoms with Crippen molar-refractivity contribution in [1.29, 1.82) is 0 Å². The van der Waals surface area contributed by atoms with Crippen LogP contribution in [-0.4, -0.2) is 10.5 Å². The van der Waals surface area contributed by atoms with E-state index in [1.54, 1.807) is 0 Å². The largest absolute Gasteiger partial charge is 0.195 e. The number of hydrogen-bond acceptors (Lipinski definition) is 2. The first-order chi connectivity index (χ1) is 6.36. The second kappa shape index (κ2) is 6.03. The second-order valence-corrected chi connectivity index (χ2v) is 3.64. The summed E-state index contributed by atoms with van der Waals surface area (Å²) < 4.78 is 0. The number of aryl methyl sites for hydroxylation is 1. The van der Waals surface area contributed by atoms with Crippen LogP contribution in [-0.2, 0) is 6.42 Å². The van der Waals surface area contributed by atoms with Crippen LogP contribution in [0.4, 0.5) is 5.69 Å². The van der Waals surface area contributed by atoms with Gasteiger partial charge in [0.05, 0.1) is 10.8 Å². The highest BCUT2D eigenvalue weighted by molar-refractivity contribution is 9.09. The van der Waals surface area contributed by atoms with Gasteiger partial charge in [0.25, 0.3) is 0 Å². The number of halogens is 1. The fourth-order valence-corrected chi connectivity index (χ4v) is 1.45. The molecule has 3 heteroatoms. The Morgan fingerprint density at radius 3 is 2.54 bits per heavy atom. The van der Waals surface area contributed by atoms with E-state index in [9.17, 15) is 0 Å². The minimum absolute atomic E-state index is 0.873. The van der Waals surface area contributed by atoms with Gasteiger partial charge in [-0.15, -0.1) is 0 Å². The molecule has 0 radical (unpaired) electrons. The SMILES string of the molecule is S=C=Nc1ccc(CCCBr)cc1. The molecule has 0 unspecified atom stereocenters. The third kappa shape index (κ3) is 3.81. The van der Waals surface area contributed by atoms with E-state index in [4.69, 9.17) is 0 Å². The summed E-state index contributed by atoms with van der Waals surface area (Å²) in [6.45, 7) is 0. The fourth-order valence-electron chi connectivity index (χ4n) is 1.06. The van der Waals surface area contributed by atoms with E-state index in [2.05, 4.69) is 50.4 Å². The van der Waals surface area contributed by atoms with Gasteiger partial charge in [-0.05, 0) is 42.8 Å². The predicted molar refractivity (Wildman–Crippen MR) is 63.2 cm³/mol. The van der Waals surface area contributed by atoms with Gasteiger partial charge in [0, 0.05) is 5.33 Å². The molecule has 0 atom stereocenters. The molecule has 0 saturated heterocycles. The first-order valence-electron chi connectivity index (χ1n) is 4.09. The van der Waals surface area contributed by atoms with Crippen molar-refractivity contribution in [1.82, 2.24) is 0 Å². The summed E-state index contributed by atoms with van der Waals surface area (Å²) in [6, 6.07) is 8.08. The van der Waals surface area contributed by atoms with Crippen LogP contribution in [0.1, 0.15) is 12.0 Å². The van der Waals surface area contributed by atoms with Crippen molar-refractivity contribution in [2.75, 3.05) is 5.33 Å². The first-order valence-corrected chi connectivity index (χ1v) is 5.62. The van der Waals surface area contributed by atoms with Crippen molar-refractivity contribution in [3.63, 3.8) is 0 Å². The van der Waals surface area contributed by atoms with Gasteiger partial charge in [0.2, 0.25) is 0 Å². The van der Waals surface area contributed by atoms with E-state index in [0.717, 1.165) is 23.9 Å². The van der Waals surface area contributed by atoms with E-state index in [1.807, 2.05) is 12.1 Å². The maximum atomic E-state index is 4.51. The number of nitrogens with zero attached hydrogens (tertiary/aromatic N) is 1. The lowest BCUT2D eigenvalue weighted by Gasteiger charge is -1.98. The molecule has 1 nitrogen and oxygen atoms in total. The van der Waals surface area contributed by atoms with Gasteiger partial charge in [-0.25, -0.2) is 0 Å². The van der Waals surface area contributed by atoms with E-state index in [0.29, 0.717) is 0 Å². The Morgan fingerprint density at radius 1 is 1.31 bits per heavy atom. The van der Waals surface area contributed by atoms with Crippen molar-refractivity contribution < 1.29 is 0 Å². The van der Waals surface area contributed by atoms with E-state index in [-0.39, 0.29) is 0 Å². The predicted octanol–water partition coefficient (Wildman–Crippen LogP) is 3.75. The number of isothiocyanates is 1. The van der Waals surface area contributed by atoms with Crippen LogP contribution in [0.2, 0.25) is 0 Å². The number of thiocarbonyl (C=S) groups is 1. The van der Waals surface area contributed by atoms with Crippen molar-refractivity contribution in [3.05, 3.63) is 29.8 Å². The molecule has 0 saturated carbocycles. The quantitative estimate of drug-likeness (QED) is 0.454. The summed E-state index contributed by atoms with van der Waals surface area (Å²) >= 11 is 7.92. The van der Waals surface area contributed by atoms with Crippen LogP contribution in [0.15, 0.2) is 29.3 Å². The molecule has 13 heavy (non-hydrogen) atoms. The molecule has 68 valence electrons. The molecule has 0 fully saturated rings. The average molecular weight is 256 g/mol. The van der Waals surface area contributed by atoms with Crippen LogP contribution in [0.25, 0.3) is 0 Å². The molecule has 0 amide bonds. The van der Waals surface area contributed by atoms with Crippen LogP contribution >= 0.6 is 28.1 Å². The highest BCUT2D eigenvalue weighted by Crippen LogP contribution is 2.13. The first kappa shape index (κ1) is 10.6. The zero-order chi connectivity index (χ0) is 9.52. The van der Waals surface area contributed by atoms with Gasteiger partial charge in [-0.3, -0.25) is 0 Å². The average Bonchev–Trinajstić information content (AvgIpc) is 2.17. The molecular formula is C10H10BrNS. The summed E-state index contributed by atoms with van der Waals surface area (Å²) in [6.07, 6.45) is 2.27. The summed E-state index contributed by atoms with van der Waals surface area (Å²) in [5.41, 5.74) is 2.21. The third-order valence-corrected chi connectivity index (χ3v) is 2.36. The van der Waals surface area contributed by atoms with Crippen LogP contribution in [0.3, 0.4) is 0 Å². The van der Waals surface area contributed by atoms with Crippen molar-refractivity contribution >= 4 is 39.0 Å². The van der Waals surface area contributed by atoms with E-state index >= 15 is 0 Å². The van der Waals surface area contributed by atoms with Crippen molar-refractivity contribution in [2.24, 2.45) is 4.99 Å². The third-order valence-electron chi connectivity index (χ3n) is 1.71. The molecule has 1 aromatic rings. The normalized spacial score (nSPS) is 9.31. The summed E-state index contributed by atoms with van der Waals surface area (Å²) in [5.74, 6) is 0. The van der Waals surface area contributed by atoms with Crippen LogP contribution in [0, 0.1) is 0 Å². The Balaban J connectivity index is 2.63. The maximum Gasteiger partial charge on any atom is 0.0739 e. The molecular weight excluding hydrogens is 246 g/mol. The standard InChI is InChI=1S/C10H10BrNS/c11-7-1-2-9-3-5-10(6-4-9)12-8-13/h3-6H,1-2,7H2. The highest BCUT2D eigenvalue weighted by atomic mass is 79.9. The smallest absolute Gasteiger partial charge is 0.0739 e. The lowest BCUT2D eigenvalue weighted by molar-refractivity contribution is 0.940. The number of benzene rings is 1. The summed E-state index contributed by atoms with van der Waals surface area (Å²) in [4.78, 5) is 3.88. The maximum absolute atomic E-state index is 4.51. The van der Waals surface area contributed by atoms with Gasteiger partial charge in [0.1, 0.15) is 0 Å². The minimum Gasteiger partial charge on any atom is -0.195 e. The topological polar surface area (TPSA) is 12.4 Å². The molecule has 0 bridgehead atoms. The van der Waals surface area contributed by atoms with Gasteiger partial charge in [-0.2, -0.15) is 4.99 Å². The molecule has 0 heterocycles. The minimum atomic E-state index is 0.873. The molecule has 1 aromatic carbocycles. The van der Waals surface area contributed by atoms with Crippen LogP contribution < -0.4 is 0 Å². The van der Waals surface area contributed by atoms with Crippen molar-refractivity contribution in [3.8, 4) is 0 Å².